The van der Waals surface area contributed by atoms with Crippen molar-refractivity contribution in [1.29, 1.82) is 0 Å². The van der Waals surface area contributed by atoms with E-state index in [9.17, 15) is 4.79 Å². The van der Waals surface area contributed by atoms with Gasteiger partial charge in [-0.25, -0.2) is 4.98 Å². The molecule has 2 rings (SSSR count). The maximum Gasteiger partial charge on any atom is 0.273 e. The Balaban J connectivity index is 2.40. The number of ether oxygens (including phenoxy) is 1. The molecule has 0 atom stereocenters. The second-order valence-corrected chi connectivity index (χ2v) is 3.58. The van der Waals surface area contributed by atoms with Crippen LogP contribution in [0, 0.1) is 0 Å². The van der Waals surface area contributed by atoms with Crippen LogP contribution in [-0.4, -0.2) is 21.9 Å². The summed E-state index contributed by atoms with van der Waals surface area (Å²) in [6.07, 6.45) is 1.66. The molecule has 0 saturated carbocycles. The van der Waals surface area contributed by atoms with Gasteiger partial charge in [-0.1, -0.05) is 0 Å². The number of hydrogen-bond acceptors (Lipinski definition) is 4. The Morgan fingerprint density at radius 1 is 1.71 bits per heavy atom. The van der Waals surface area contributed by atoms with Gasteiger partial charge in [-0.2, -0.15) is 4.68 Å². The molecular weight excluding hydrogens is 202 g/mol. The quantitative estimate of drug-likeness (QED) is 0.815. The highest BCUT2D eigenvalue weighted by Gasteiger charge is 2.05. The maximum atomic E-state index is 11.5. The zero-order chi connectivity index (χ0) is 9.97. The van der Waals surface area contributed by atoms with Gasteiger partial charge in [0.2, 0.25) is 5.13 Å². The molecule has 0 fully saturated rings. The molecule has 74 valence electrons. The van der Waals surface area contributed by atoms with Crippen molar-refractivity contribution < 1.29 is 4.74 Å². The average molecular weight is 211 g/mol. The molecule has 0 bridgehead atoms. The predicted octanol–water partition coefficient (Wildman–Crippen LogP) is 0.768. The number of rotatable bonds is 3. The van der Waals surface area contributed by atoms with E-state index in [1.807, 2.05) is 5.38 Å². The minimum atomic E-state index is -0.119. The molecule has 2 aromatic heterocycles. The van der Waals surface area contributed by atoms with E-state index >= 15 is 0 Å². The van der Waals surface area contributed by atoms with Gasteiger partial charge in [0.15, 0.2) is 0 Å². The molecule has 0 aliphatic carbocycles. The van der Waals surface area contributed by atoms with Crippen molar-refractivity contribution in [3.8, 4) is 5.13 Å². The highest BCUT2D eigenvalue weighted by molar-refractivity contribution is 7.12. The standard InChI is InChI=1S/C8H9N3O2S/c1-13-5-6-4-7(12)11(10-6)8-9-2-3-14-8/h2-4,10H,5H2,1H3. The van der Waals surface area contributed by atoms with Gasteiger partial charge < -0.3 is 4.74 Å². The third-order valence-corrected chi connectivity index (χ3v) is 2.44. The van der Waals surface area contributed by atoms with Crippen molar-refractivity contribution in [2.75, 3.05) is 7.11 Å². The molecule has 1 N–H and O–H groups in total. The van der Waals surface area contributed by atoms with Crippen LogP contribution in [0.2, 0.25) is 0 Å². The number of nitrogens with zero attached hydrogens (tertiary/aromatic N) is 2. The first kappa shape index (κ1) is 9.17. The van der Waals surface area contributed by atoms with E-state index in [4.69, 9.17) is 4.74 Å². The number of aromatic nitrogens is 3. The van der Waals surface area contributed by atoms with E-state index in [2.05, 4.69) is 10.1 Å². The van der Waals surface area contributed by atoms with E-state index < -0.39 is 0 Å². The minimum Gasteiger partial charge on any atom is -0.378 e. The molecular formula is C8H9N3O2S. The lowest BCUT2D eigenvalue weighted by Crippen LogP contribution is -2.12. The fourth-order valence-electron chi connectivity index (χ4n) is 1.14. The van der Waals surface area contributed by atoms with Crippen molar-refractivity contribution in [3.05, 3.63) is 33.7 Å². The number of hydrogen-bond donors (Lipinski definition) is 1. The van der Waals surface area contributed by atoms with Crippen LogP contribution in [0.15, 0.2) is 22.4 Å². The van der Waals surface area contributed by atoms with Gasteiger partial charge in [-0.05, 0) is 0 Å². The Morgan fingerprint density at radius 3 is 3.21 bits per heavy atom. The Morgan fingerprint density at radius 2 is 2.57 bits per heavy atom. The molecule has 0 aromatic carbocycles. The molecule has 0 saturated heterocycles. The van der Waals surface area contributed by atoms with Crippen LogP contribution in [0.1, 0.15) is 5.69 Å². The molecule has 0 unspecified atom stereocenters. The van der Waals surface area contributed by atoms with E-state index in [0.29, 0.717) is 11.7 Å². The van der Waals surface area contributed by atoms with Gasteiger partial charge in [0.25, 0.3) is 5.56 Å². The molecule has 0 aliphatic heterocycles. The third-order valence-electron chi connectivity index (χ3n) is 1.68. The van der Waals surface area contributed by atoms with Crippen LogP contribution in [0.4, 0.5) is 0 Å². The molecule has 2 aromatic rings. The summed E-state index contributed by atoms with van der Waals surface area (Å²) < 4.78 is 6.31. The summed E-state index contributed by atoms with van der Waals surface area (Å²) in [5.74, 6) is 0. The van der Waals surface area contributed by atoms with Gasteiger partial charge in [0, 0.05) is 24.8 Å². The van der Waals surface area contributed by atoms with E-state index in [1.165, 1.54) is 22.1 Å². The fourth-order valence-corrected chi connectivity index (χ4v) is 1.75. The molecule has 14 heavy (non-hydrogen) atoms. The number of nitrogens with one attached hydrogen (secondary N) is 1. The lowest BCUT2D eigenvalue weighted by molar-refractivity contribution is 0.181. The topological polar surface area (TPSA) is 59.9 Å². The summed E-state index contributed by atoms with van der Waals surface area (Å²) in [7, 11) is 1.58. The number of H-pyrrole nitrogens is 1. The summed E-state index contributed by atoms with van der Waals surface area (Å²) >= 11 is 1.40. The van der Waals surface area contributed by atoms with Gasteiger partial charge >= 0.3 is 0 Å². The zero-order valence-electron chi connectivity index (χ0n) is 7.56. The lowest BCUT2D eigenvalue weighted by atomic mass is 10.5. The molecule has 0 spiro atoms. The lowest BCUT2D eigenvalue weighted by Gasteiger charge is -1.95. The highest BCUT2D eigenvalue weighted by Crippen LogP contribution is 2.07. The Labute approximate surface area is 84.0 Å². The summed E-state index contributed by atoms with van der Waals surface area (Å²) in [6, 6.07) is 1.50. The van der Waals surface area contributed by atoms with Gasteiger partial charge in [-0.3, -0.25) is 9.89 Å². The predicted molar refractivity (Wildman–Crippen MR) is 52.8 cm³/mol. The average Bonchev–Trinajstić information content (AvgIpc) is 2.74. The molecule has 0 aliphatic rings. The Kier molecular flexibility index (Phi) is 2.47. The third kappa shape index (κ3) is 1.61. The normalized spacial score (nSPS) is 10.6. The molecule has 6 heteroatoms. The maximum absolute atomic E-state index is 11.5. The Hall–Kier alpha value is -1.40. The fraction of sp³-hybridized carbons (Fsp3) is 0.250. The molecule has 0 amide bonds. The number of methoxy groups -OCH3 is 1. The van der Waals surface area contributed by atoms with Crippen molar-refractivity contribution in [2.24, 2.45) is 0 Å². The second-order valence-electron chi connectivity index (χ2n) is 2.70. The van der Waals surface area contributed by atoms with Crippen LogP contribution in [0.5, 0.6) is 0 Å². The SMILES string of the molecule is COCc1cc(=O)n(-c2nccs2)[nH]1. The molecule has 2 heterocycles. The summed E-state index contributed by atoms with van der Waals surface area (Å²) in [5.41, 5.74) is 0.625. The van der Waals surface area contributed by atoms with Gasteiger partial charge in [-0.15, -0.1) is 11.3 Å². The second kappa shape index (κ2) is 3.77. The first-order chi connectivity index (χ1) is 6.81. The van der Waals surface area contributed by atoms with Crippen LogP contribution >= 0.6 is 11.3 Å². The summed E-state index contributed by atoms with van der Waals surface area (Å²) in [6.45, 7) is 0.396. The Bertz CT molecular complexity index is 457. The number of aromatic amines is 1. The largest absolute Gasteiger partial charge is 0.378 e. The van der Waals surface area contributed by atoms with Gasteiger partial charge in [0.1, 0.15) is 0 Å². The summed E-state index contributed by atoms with van der Waals surface area (Å²) in [5, 5.41) is 5.37. The van der Waals surface area contributed by atoms with Gasteiger partial charge in [0.05, 0.1) is 12.3 Å². The number of thiazole rings is 1. The van der Waals surface area contributed by atoms with Crippen molar-refractivity contribution >= 4 is 11.3 Å². The first-order valence-corrected chi connectivity index (χ1v) is 4.89. The minimum absolute atomic E-state index is 0.119. The highest BCUT2D eigenvalue weighted by atomic mass is 32.1. The smallest absolute Gasteiger partial charge is 0.273 e. The first-order valence-electron chi connectivity index (χ1n) is 4.01. The van der Waals surface area contributed by atoms with Crippen LogP contribution in [0.25, 0.3) is 5.13 Å². The van der Waals surface area contributed by atoms with Crippen LogP contribution < -0.4 is 5.56 Å². The van der Waals surface area contributed by atoms with Crippen LogP contribution in [0.3, 0.4) is 0 Å². The summed E-state index contributed by atoms with van der Waals surface area (Å²) in [4.78, 5) is 15.5. The van der Waals surface area contributed by atoms with Crippen molar-refractivity contribution in [1.82, 2.24) is 14.8 Å². The van der Waals surface area contributed by atoms with E-state index in [1.54, 1.807) is 13.3 Å². The zero-order valence-corrected chi connectivity index (χ0v) is 8.37. The monoisotopic (exact) mass is 211 g/mol. The molecule has 5 nitrogen and oxygen atoms in total. The van der Waals surface area contributed by atoms with E-state index in [-0.39, 0.29) is 5.56 Å². The van der Waals surface area contributed by atoms with Crippen molar-refractivity contribution in [2.45, 2.75) is 6.61 Å². The molecule has 0 radical (unpaired) electrons. The van der Waals surface area contributed by atoms with E-state index in [0.717, 1.165) is 5.69 Å². The van der Waals surface area contributed by atoms with Crippen molar-refractivity contribution in [3.63, 3.8) is 0 Å². The van der Waals surface area contributed by atoms with Crippen LogP contribution in [-0.2, 0) is 11.3 Å².